The van der Waals surface area contributed by atoms with Crippen LogP contribution in [0.15, 0.2) is 12.3 Å². The van der Waals surface area contributed by atoms with E-state index >= 15 is 0 Å². The van der Waals surface area contributed by atoms with E-state index in [0.717, 1.165) is 18.7 Å². The summed E-state index contributed by atoms with van der Waals surface area (Å²) in [6, 6.07) is 1.55. The Hall–Kier alpha value is -1.62. The molecule has 1 saturated carbocycles. The standard InChI is InChI=1S/C11H10ClN3O2/c1-17-11(16)7-4-8(12)10-14-13-9(6-2-3-6)15(10)5-7/h4-6H,2-3H2,1H3. The lowest BCUT2D eigenvalue weighted by atomic mass is 10.3. The molecule has 0 unspecified atom stereocenters. The molecule has 2 aromatic heterocycles. The van der Waals surface area contributed by atoms with Crippen LogP contribution in [0.1, 0.15) is 34.9 Å². The average Bonchev–Trinajstić information content (AvgIpc) is 3.08. The molecule has 1 fully saturated rings. The molecule has 6 heteroatoms. The molecule has 17 heavy (non-hydrogen) atoms. The fraction of sp³-hybridized carbons (Fsp3) is 0.364. The second-order valence-electron chi connectivity index (χ2n) is 4.09. The van der Waals surface area contributed by atoms with Gasteiger partial charge in [-0.3, -0.25) is 4.40 Å². The minimum absolute atomic E-state index is 0.409. The lowest BCUT2D eigenvalue weighted by Crippen LogP contribution is -2.04. The van der Waals surface area contributed by atoms with Crippen molar-refractivity contribution < 1.29 is 9.53 Å². The number of nitrogens with zero attached hydrogens (tertiary/aromatic N) is 3. The summed E-state index contributed by atoms with van der Waals surface area (Å²) in [4.78, 5) is 11.5. The number of aromatic nitrogens is 3. The van der Waals surface area contributed by atoms with Crippen LogP contribution in [-0.2, 0) is 4.74 Å². The van der Waals surface area contributed by atoms with E-state index in [2.05, 4.69) is 14.9 Å². The summed E-state index contributed by atoms with van der Waals surface area (Å²) in [5.41, 5.74) is 0.993. The second-order valence-corrected chi connectivity index (χ2v) is 4.50. The summed E-state index contributed by atoms with van der Waals surface area (Å²) in [7, 11) is 1.34. The van der Waals surface area contributed by atoms with Gasteiger partial charge in [0.05, 0.1) is 17.7 Å². The third-order valence-corrected chi connectivity index (χ3v) is 3.13. The number of rotatable bonds is 2. The zero-order valence-electron chi connectivity index (χ0n) is 9.18. The predicted octanol–water partition coefficient (Wildman–Crippen LogP) is 2.05. The number of methoxy groups -OCH3 is 1. The lowest BCUT2D eigenvalue weighted by molar-refractivity contribution is 0.0600. The SMILES string of the molecule is COC(=O)c1cc(Cl)c2nnc(C3CC3)n2c1. The van der Waals surface area contributed by atoms with Crippen LogP contribution in [0.25, 0.3) is 5.65 Å². The summed E-state index contributed by atoms with van der Waals surface area (Å²) < 4.78 is 6.46. The number of esters is 1. The maximum absolute atomic E-state index is 11.5. The van der Waals surface area contributed by atoms with Crippen LogP contribution in [0.3, 0.4) is 0 Å². The lowest BCUT2D eigenvalue weighted by Gasteiger charge is -2.03. The van der Waals surface area contributed by atoms with Crippen LogP contribution in [0.2, 0.25) is 5.02 Å². The summed E-state index contributed by atoms with van der Waals surface area (Å²) in [6.07, 6.45) is 3.91. The van der Waals surface area contributed by atoms with E-state index in [1.165, 1.54) is 7.11 Å². The number of pyridine rings is 1. The maximum atomic E-state index is 11.5. The van der Waals surface area contributed by atoms with Gasteiger partial charge in [-0.15, -0.1) is 10.2 Å². The molecule has 3 rings (SSSR count). The van der Waals surface area contributed by atoms with E-state index in [1.54, 1.807) is 16.7 Å². The monoisotopic (exact) mass is 251 g/mol. The molecule has 0 bridgehead atoms. The van der Waals surface area contributed by atoms with Gasteiger partial charge in [-0.05, 0) is 18.9 Å². The van der Waals surface area contributed by atoms with Gasteiger partial charge in [0, 0.05) is 12.1 Å². The van der Waals surface area contributed by atoms with E-state index in [9.17, 15) is 4.79 Å². The van der Waals surface area contributed by atoms with Crippen molar-refractivity contribution >= 4 is 23.2 Å². The van der Waals surface area contributed by atoms with Crippen molar-refractivity contribution in [2.75, 3.05) is 7.11 Å². The van der Waals surface area contributed by atoms with E-state index in [1.807, 2.05) is 0 Å². The first-order chi connectivity index (χ1) is 8.20. The van der Waals surface area contributed by atoms with Crippen LogP contribution in [0.5, 0.6) is 0 Å². The minimum atomic E-state index is -0.413. The van der Waals surface area contributed by atoms with Crippen molar-refractivity contribution in [2.45, 2.75) is 18.8 Å². The maximum Gasteiger partial charge on any atom is 0.339 e. The molecule has 0 saturated heterocycles. The normalized spacial score (nSPS) is 15.2. The molecule has 0 aromatic carbocycles. The summed E-state index contributed by atoms with van der Waals surface area (Å²) in [5.74, 6) is 0.894. The molecule has 2 heterocycles. The van der Waals surface area contributed by atoms with E-state index < -0.39 is 5.97 Å². The first-order valence-corrected chi connectivity index (χ1v) is 5.71. The molecule has 0 N–H and O–H groups in total. The van der Waals surface area contributed by atoms with Gasteiger partial charge < -0.3 is 4.74 Å². The van der Waals surface area contributed by atoms with Gasteiger partial charge in [0.2, 0.25) is 0 Å². The Balaban J connectivity index is 2.21. The molecule has 88 valence electrons. The predicted molar refractivity (Wildman–Crippen MR) is 61.3 cm³/mol. The summed E-state index contributed by atoms with van der Waals surface area (Å²) in [5, 5.41) is 8.56. The fourth-order valence-electron chi connectivity index (χ4n) is 1.82. The third kappa shape index (κ3) is 1.67. The van der Waals surface area contributed by atoms with Crippen molar-refractivity contribution in [2.24, 2.45) is 0 Å². The van der Waals surface area contributed by atoms with Gasteiger partial charge in [-0.25, -0.2) is 4.79 Å². The van der Waals surface area contributed by atoms with Gasteiger partial charge >= 0.3 is 5.97 Å². The second kappa shape index (κ2) is 3.70. The largest absolute Gasteiger partial charge is 0.465 e. The number of ether oxygens (including phenoxy) is 1. The van der Waals surface area contributed by atoms with Gasteiger partial charge in [0.15, 0.2) is 5.65 Å². The molecule has 1 aliphatic rings. The number of hydrogen-bond acceptors (Lipinski definition) is 4. The van der Waals surface area contributed by atoms with Gasteiger partial charge in [0.1, 0.15) is 5.82 Å². The van der Waals surface area contributed by atoms with Crippen LogP contribution in [0.4, 0.5) is 0 Å². The van der Waals surface area contributed by atoms with Crippen LogP contribution < -0.4 is 0 Å². The molecular formula is C11H10ClN3O2. The minimum Gasteiger partial charge on any atom is -0.465 e. The summed E-state index contributed by atoms with van der Waals surface area (Å²) in [6.45, 7) is 0. The van der Waals surface area contributed by atoms with Crippen molar-refractivity contribution in [3.05, 3.63) is 28.7 Å². The van der Waals surface area contributed by atoms with E-state index in [4.69, 9.17) is 11.6 Å². The Morgan fingerprint density at radius 1 is 1.53 bits per heavy atom. The Morgan fingerprint density at radius 3 is 2.94 bits per heavy atom. The molecule has 2 aromatic rings. The van der Waals surface area contributed by atoms with Crippen LogP contribution in [0, 0.1) is 0 Å². The zero-order valence-corrected chi connectivity index (χ0v) is 9.94. The molecule has 0 aliphatic heterocycles. The van der Waals surface area contributed by atoms with Crippen molar-refractivity contribution in [1.82, 2.24) is 14.6 Å². The highest BCUT2D eigenvalue weighted by atomic mass is 35.5. The molecule has 1 aliphatic carbocycles. The number of hydrogen-bond donors (Lipinski definition) is 0. The Labute approximate surface area is 102 Å². The average molecular weight is 252 g/mol. The topological polar surface area (TPSA) is 56.5 Å². The molecule has 0 radical (unpaired) electrons. The van der Waals surface area contributed by atoms with Crippen molar-refractivity contribution in [1.29, 1.82) is 0 Å². The van der Waals surface area contributed by atoms with Crippen molar-refractivity contribution in [3.63, 3.8) is 0 Å². The fourth-order valence-corrected chi connectivity index (χ4v) is 2.07. The Bertz CT molecular complexity index is 604. The first-order valence-electron chi connectivity index (χ1n) is 5.33. The number of halogens is 1. The molecule has 5 nitrogen and oxygen atoms in total. The number of carbonyl (C=O) groups excluding carboxylic acids is 1. The quantitative estimate of drug-likeness (QED) is 0.767. The third-order valence-electron chi connectivity index (χ3n) is 2.85. The Morgan fingerprint density at radius 2 is 2.29 bits per heavy atom. The molecule has 0 atom stereocenters. The molecule has 0 spiro atoms. The number of fused-ring (bicyclic) bond motifs is 1. The van der Waals surface area contributed by atoms with Gasteiger partial charge in [-0.1, -0.05) is 11.6 Å². The smallest absolute Gasteiger partial charge is 0.339 e. The first kappa shape index (κ1) is 10.5. The van der Waals surface area contributed by atoms with E-state index in [-0.39, 0.29) is 0 Å². The zero-order chi connectivity index (χ0) is 12.0. The van der Waals surface area contributed by atoms with Crippen LogP contribution in [-0.4, -0.2) is 27.7 Å². The molecule has 0 amide bonds. The summed E-state index contributed by atoms with van der Waals surface area (Å²) >= 11 is 6.07. The van der Waals surface area contributed by atoms with Crippen LogP contribution >= 0.6 is 11.6 Å². The number of carbonyl (C=O) groups is 1. The van der Waals surface area contributed by atoms with E-state index in [0.29, 0.717) is 22.2 Å². The van der Waals surface area contributed by atoms with Gasteiger partial charge in [0.25, 0.3) is 0 Å². The van der Waals surface area contributed by atoms with Crippen molar-refractivity contribution in [3.8, 4) is 0 Å². The highest BCUT2D eigenvalue weighted by molar-refractivity contribution is 6.33. The Kier molecular flexibility index (Phi) is 2.29. The molecular weight excluding hydrogens is 242 g/mol. The highest BCUT2D eigenvalue weighted by Crippen LogP contribution is 2.39. The highest BCUT2D eigenvalue weighted by Gasteiger charge is 2.29. The van der Waals surface area contributed by atoms with Gasteiger partial charge in [-0.2, -0.15) is 0 Å².